The summed E-state index contributed by atoms with van der Waals surface area (Å²) in [5.74, 6) is 7.08. The fourth-order valence-electron chi connectivity index (χ4n) is 4.79. The van der Waals surface area contributed by atoms with E-state index in [0.29, 0.717) is 4.75 Å². The maximum atomic E-state index is 2.70. The van der Waals surface area contributed by atoms with Gasteiger partial charge < -0.3 is 0 Å². The minimum absolute atomic E-state index is 0.466. The van der Waals surface area contributed by atoms with Gasteiger partial charge in [0.15, 0.2) is 0 Å². The Morgan fingerprint density at radius 1 is 1.00 bits per heavy atom. The smallest absolute Gasteiger partial charge is 0.00588 e. The summed E-state index contributed by atoms with van der Waals surface area (Å²) in [7, 11) is -0.466. The molecule has 4 unspecified atom stereocenters. The van der Waals surface area contributed by atoms with Gasteiger partial charge in [-0.3, -0.25) is 0 Å². The van der Waals surface area contributed by atoms with Crippen molar-refractivity contribution in [3.05, 3.63) is 0 Å². The first-order valence-electron chi connectivity index (χ1n) is 10.5. The third kappa shape index (κ3) is 5.16. The molecule has 0 saturated carbocycles. The summed E-state index contributed by atoms with van der Waals surface area (Å²) in [6.07, 6.45) is 12.6. The summed E-state index contributed by atoms with van der Waals surface area (Å²) in [6, 6.07) is 0. The van der Waals surface area contributed by atoms with Crippen LogP contribution in [-0.2, 0) is 0 Å². The predicted molar refractivity (Wildman–Crippen MR) is 112 cm³/mol. The van der Waals surface area contributed by atoms with Gasteiger partial charge in [-0.1, -0.05) is 80.6 Å². The topological polar surface area (TPSA) is 0 Å². The standard InChI is InChI=1S/C22H46S/c1-9-13-19(14-10-2)21-17-23(8,22(6,7)12-4)16-20(21)15-18(5)11-3/h18-21H,9-17H2,1-8H3. The second-order valence-corrected chi connectivity index (χ2v) is 13.6. The van der Waals surface area contributed by atoms with Crippen LogP contribution in [0.3, 0.4) is 0 Å². The zero-order valence-corrected chi connectivity index (χ0v) is 18.4. The van der Waals surface area contributed by atoms with E-state index in [1.807, 2.05) is 0 Å². The van der Waals surface area contributed by atoms with E-state index in [1.54, 1.807) is 11.5 Å². The average Bonchev–Trinajstić information content (AvgIpc) is 2.85. The Kier molecular flexibility index (Phi) is 8.52. The lowest BCUT2D eigenvalue weighted by atomic mass is 9.76. The zero-order valence-electron chi connectivity index (χ0n) is 17.6. The molecule has 1 saturated heterocycles. The second-order valence-electron chi connectivity index (χ2n) is 9.23. The van der Waals surface area contributed by atoms with Gasteiger partial charge in [0.25, 0.3) is 0 Å². The van der Waals surface area contributed by atoms with Gasteiger partial charge in [-0.25, -0.2) is 10.0 Å². The van der Waals surface area contributed by atoms with Crippen molar-refractivity contribution in [1.82, 2.24) is 0 Å². The average molecular weight is 343 g/mol. The maximum absolute atomic E-state index is 2.70. The van der Waals surface area contributed by atoms with Crippen LogP contribution in [-0.4, -0.2) is 22.5 Å². The van der Waals surface area contributed by atoms with Gasteiger partial charge in [0.1, 0.15) is 0 Å². The van der Waals surface area contributed by atoms with Crippen molar-refractivity contribution >= 4 is 10.0 Å². The summed E-state index contributed by atoms with van der Waals surface area (Å²) in [5.41, 5.74) is 0. The van der Waals surface area contributed by atoms with E-state index < -0.39 is 10.0 Å². The van der Waals surface area contributed by atoms with E-state index in [-0.39, 0.29) is 0 Å². The summed E-state index contributed by atoms with van der Waals surface area (Å²) < 4.78 is 0.568. The minimum Gasteiger partial charge on any atom is -0.238 e. The van der Waals surface area contributed by atoms with Gasteiger partial charge in [0.05, 0.1) is 0 Å². The van der Waals surface area contributed by atoms with Crippen molar-refractivity contribution in [3.8, 4) is 0 Å². The van der Waals surface area contributed by atoms with Crippen LogP contribution in [0.2, 0.25) is 0 Å². The van der Waals surface area contributed by atoms with Gasteiger partial charge in [0.2, 0.25) is 0 Å². The van der Waals surface area contributed by atoms with Crippen LogP contribution in [0, 0.1) is 23.7 Å². The van der Waals surface area contributed by atoms with E-state index in [4.69, 9.17) is 0 Å². The Labute approximate surface area is 149 Å². The highest BCUT2D eigenvalue weighted by molar-refractivity contribution is 8.34. The van der Waals surface area contributed by atoms with Crippen molar-refractivity contribution in [3.63, 3.8) is 0 Å². The minimum atomic E-state index is -0.466. The van der Waals surface area contributed by atoms with Crippen LogP contribution in [0.1, 0.15) is 93.4 Å². The van der Waals surface area contributed by atoms with Gasteiger partial charge in [-0.05, 0) is 59.0 Å². The molecule has 0 aromatic carbocycles. The van der Waals surface area contributed by atoms with E-state index in [9.17, 15) is 0 Å². The Morgan fingerprint density at radius 2 is 1.57 bits per heavy atom. The fourth-order valence-corrected chi connectivity index (χ4v) is 9.24. The molecule has 140 valence electrons. The van der Waals surface area contributed by atoms with E-state index in [0.717, 1.165) is 23.7 Å². The highest BCUT2D eigenvalue weighted by Gasteiger charge is 2.47. The highest BCUT2D eigenvalue weighted by Crippen LogP contribution is 2.66. The van der Waals surface area contributed by atoms with Gasteiger partial charge in [-0.2, -0.15) is 0 Å². The molecular formula is C22H46S. The van der Waals surface area contributed by atoms with Crippen LogP contribution < -0.4 is 0 Å². The summed E-state index contributed by atoms with van der Waals surface area (Å²) in [5, 5.41) is 0. The first-order valence-corrected chi connectivity index (χ1v) is 12.9. The molecule has 0 amide bonds. The van der Waals surface area contributed by atoms with Crippen molar-refractivity contribution in [2.45, 2.75) is 98.2 Å². The summed E-state index contributed by atoms with van der Waals surface area (Å²) in [6.45, 7) is 17.2. The highest BCUT2D eigenvalue weighted by atomic mass is 32.3. The van der Waals surface area contributed by atoms with Crippen molar-refractivity contribution in [2.75, 3.05) is 17.8 Å². The summed E-state index contributed by atoms with van der Waals surface area (Å²) in [4.78, 5) is 0. The van der Waals surface area contributed by atoms with E-state index in [2.05, 4.69) is 54.7 Å². The van der Waals surface area contributed by atoms with Gasteiger partial charge >= 0.3 is 0 Å². The molecule has 1 heteroatoms. The Hall–Kier alpha value is 0.350. The Morgan fingerprint density at radius 3 is 2.00 bits per heavy atom. The van der Waals surface area contributed by atoms with Crippen LogP contribution in [0.25, 0.3) is 0 Å². The Balaban J connectivity index is 3.01. The second kappa shape index (κ2) is 9.16. The fraction of sp³-hybridized carbons (Fsp3) is 1.00. The number of rotatable bonds is 10. The molecule has 0 N–H and O–H groups in total. The number of hydrogen-bond donors (Lipinski definition) is 0. The quantitative estimate of drug-likeness (QED) is 0.385. The molecule has 0 aromatic heterocycles. The van der Waals surface area contributed by atoms with Crippen molar-refractivity contribution < 1.29 is 0 Å². The predicted octanol–water partition coefficient (Wildman–Crippen LogP) is 7.51. The van der Waals surface area contributed by atoms with E-state index >= 15 is 0 Å². The Bertz CT molecular complexity index is 329. The molecule has 1 heterocycles. The SMILES string of the molecule is CCCC(CCC)C1CS(C)(C(C)(C)CC)CC1CC(C)CC. The lowest BCUT2D eigenvalue weighted by Gasteiger charge is -2.47. The molecule has 0 aliphatic carbocycles. The number of hydrogen-bond acceptors (Lipinski definition) is 0. The molecule has 4 atom stereocenters. The normalized spacial score (nSPS) is 32.9. The first-order chi connectivity index (χ1) is 10.7. The third-order valence-corrected chi connectivity index (χ3v) is 12.5. The maximum Gasteiger partial charge on any atom is -0.00588 e. The van der Waals surface area contributed by atoms with Gasteiger partial charge in [0, 0.05) is 0 Å². The monoisotopic (exact) mass is 342 g/mol. The molecule has 1 aliphatic rings. The largest absolute Gasteiger partial charge is 0.238 e. The molecule has 0 spiro atoms. The lowest BCUT2D eigenvalue weighted by Crippen LogP contribution is -2.29. The third-order valence-electron chi connectivity index (χ3n) is 7.26. The van der Waals surface area contributed by atoms with Crippen molar-refractivity contribution in [1.29, 1.82) is 0 Å². The van der Waals surface area contributed by atoms with Crippen LogP contribution in [0.4, 0.5) is 0 Å². The molecule has 1 rings (SSSR count). The molecule has 0 aromatic rings. The zero-order chi connectivity index (χ0) is 17.7. The van der Waals surface area contributed by atoms with Crippen LogP contribution in [0.5, 0.6) is 0 Å². The molecule has 1 aliphatic heterocycles. The lowest BCUT2D eigenvalue weighted by molar-refractivity contribution is 0.221. The summed E-state index contributed by atoms with van der Waals surface area (Å²) >= 11 is 0. The molecular weight excluding hydrogens is 296 g/mol. The first kappa shape index (κ1) is 21.4. The van der Waals surface area contributed by atoms with E-state index in [1.165, 1.54) is 44.9 Å². The van der Waals surface area contributed by atoms with Crippen molar-refractivity contribution in [2.24, 2.45) is 23.7 Å². The molecule has 0 bridgehead atoms. The molecule has 1 fully saturated rings. The van der Waals surface area contributed by atoms with Gasteiger partial charge in [-0.15, -0.1) is 0 Å². The van der Waals surface area contributed by atoms with Crippen LogP contribution in [0.15, 0.2) is 0 Å². The van der Waals surface area contributed by atoms with Crippen LogP contribution >= 0.6 is 10.0 Å². The molecule has 0 radical (unpaired) electrons. The molecule has 23 heavy (non-hydrogen) atoms. The molecule has 0 nitrogen and oxygen atoms in total.